The van der Waals surface area contributed by atoms with Crippen LogP contribution in [0.5, 0.6) is 11.5 Å². The van der Waals surface area contributed by atoms with Gasteiger partial charge in [-0.3, -0.25) is 4.79 Å². The first-order valence-corrected chi connectivity index (χ1v) is 6.77. The van der Waals surface area contributed by atoms with Crippen LogP contribution < -0.4 is 15.2 Å². The van der Waals surface area contributed by atoms with Crippen LogP contribution in [-0.2, 0) is 4.79 Å². The zero-order valence-electron chi connectivity index (χ0n) is 12.3. The van der Waals surface area contributed by atoms with Crippen molar-refractivity contribution in [2.24, 2.45) is 5.73 Å². The van der Waals surface area contributed by atoms with E-state index in [-0.39, 0.29) is 12.5 Å². The highest BCUT2D eigenvalue weighted by atomic mass is 16.5. The molecule has 0 amide bonds. The van der Waals surface area contributed by atoms with E-state index in [4.69, 9.17) is 20.3 Å². The summed E-state index contributed by atoms with van der Waals surface area (Å²) in [5.74, 6) is 0.230. The summed E-state index contributed by atoms with van der Waals surface area (Å²) >= 11 is 0. The molecule has 5 heteroatoms. The van der Waals surface area contributed by atoms with E-state index >= 15 is 0 Å². The van der Waals surface area contributed by atoms with Gasteiger partial charge in [0.2, 0.25) is 0 Å². The van der Waals surface area contributed by atoms with Gasteiger partial charge in [-0.25, -0.2) is 0 Å². The Morgan fingerprint density at radius 3 is 2.55 bits per heavy atom. The van der Waals surface area contributed by atoms with Gasteiger partial charge in [0.1, 0.15) is 5.54 Å². The fourth-order valence-corrected chi connectivity index (χ4v) is 1.82. The number of rotatable bonds is 8. The van der Waals surface area contributed by atoms with Gasteiger partial charge in [0.25, 0.3) is 0 Å². The number of carboxylic acids is 1. The Kier molecular flexibility index (Phi) is 5.82. The number of para-hydroxylation sites is 2. The van der Waals surface area contributed by atoms with Gasteiger partial charge in [-0.2, -0.15) is 0 Å². The van der Waals surface area contributed by atoms with Gasteiger partial charge in [0.15, 0.2) is 11.5 Å². The molecule has 0 aliphatic carbocycles. The molecule has 1 rings (SSSR count). The largest absolute Gasteiger partial charge is 0.490 e. The summed E-state index contributed by atoms with van der Waals surface area (Å²) in [5.41, 5.74) is 4.41. The van der Waals surface area contributed by atoms with Crippen molar-refractivity contribution in [3.8, 4) is 11.5 Å². The van der Waals surface area contributed by atoms with Gasteiger partial charge >= 0.3 is 5.97 Å². The summed E-state index contributed by atoms with van der Waals surface area (Å²) in [4.78, 5) is 11.0. The maximum absolute atomic E-state index is 11.0. The fourth-order valence-electron chi connectivity index (χ4n) is 1.82. The predicted octanol–water partition coefficient (Wildman–Crippen LogP) is 2.43. The van der Waals surface area contributed by atoms with E-state index in [1.54, 1.807) is 13.0 Å². The van der Waals surface area contributed by atoms with E-state index in [2.05, 4.69) is 0 Å². The Morgan fingerprint density at radius 2 is 2.00 bits per heavy atom. The Morgan fingerprint density at radius 1 is 1.40 bits per heavy atom. The number of hydrogen-bond acceptors (Lipinski definition) is 4. The molecule has 0 saturated carbocycles. The Labute approximate surface area is 119 Å². The summed E-state index contributed by atoms with van der Waals surface area (Å²) in [6, 6.07) is 7.35. The molecule has 0 heterocycles. The van der Waals surface area contributed by atoms with Crippen molar-refractivity contribution in [3.05, 3.63) is 24.3 Å². The van der Waals surface area contributed by atoms with Crippen molar-refractivity contribution in [3.63, 3.8) is 0 Å². The number of ether oxygens (including phenoxy) is 2. The quantitative estimate of drug-likeness (QED) is 0.764. The maximum Gasteiger partial charge on any atom is 0.323 e. The first-order valence-electron chi connectivity index (χ1n) is 6.77. The van der Waals surface area contributed by atoms with Crippen LogP contribution in [0.3, 0.4) is 0 Å². The molecule has 0 aliphatic rings. The highest BCUT2D eigenvalue weighted by molar-refractivity contribution is 5.77. The van der Waals surface area contributed by atoms with Crippen molar-refractivity contribution in [2.45, 2.75) is 45.3 Å². The lowest BCUT2D eigenvalue weighted by Gasteiger charge is -2.24. The number of carbonyl (C=O) groups is 1. The van der Waals surface area contributed by atoms with E-state index < -0.39 is 11.5 Å². The summed E-state index contributed by atoms with van der Waals surface area (Å²) in [6.07, 6.45) is 0.793. The van der Waals surface area contributed by atoms with Crippen LogP contribution in [0.15, 0.2) is 24.3 Å². The minimum Gasteiger partial charge on any atom is -0.490 e. The Balaban J connectivity index is 2.70. The second kappa shape index (κ2) is 7.14. The molecule has 3 N–H and O–H groups in total. The number of nitrogens with two attached hydrogens (primary N) is 1. The molecular weight excluding hydrogens is 258 g/mol. The summed E-state index contributed by atoms with van der Waals surface area (Å²) < 4.78 is 11.4. The Bertz CT molecular complexity index is 445. The molecule has 0 aromatic heterocycles. The van der Waals surface area contributed by atoms with E-state index in [9.17, 15) is 4.79 Å². The average molecular weight is 281 g/mol. The second-order valence-electron chi connectivity index (χ2n) is 5.15. The predicted molar refractivity (Wildman–Crippen MR) is 77.2 cm³/mol. The van der Waals surface area contributed by atoms with Crippen molar-refractivity contribution >= 4 is 5.97 Å². The third-order valence-corrected chi connectivity index (χ3v) is 2.84. The normalized spacial score (nSPS) is 15.2. The highest BCUT2D eigenvalue weighted by Gasteiger charge is 2.30. The van der Waals surface area contributed by atoms with Crippen molar-refractivity contribution < 1.29 is 19.4 Å². The van der Waals surface area contributed by atoms with E-state index in [0.717, 1.165) is 6.42 Å². The SMILES string of the molecule is CCCOc1ccccc1OC(C)CC(C)(N)C(=O)O. The van der Waals surface area contributed by atoms with Crippen LogP contribution in [-0.4, -0.2) is 29.3 Å². The van der Waals surface area contributed by atoms with Crippen LogP contribution in [0, 0.1) is 0 Å². The molecule has 0 bridgehead atoms. The number of benzene rings is 1. The zero-order chi connectivity index (χ0) is 15.2. The average Bonchev–Trinajstić information content (AvgIpc) is 2.36. The zero-order valence-corrected chi connectivity index (χ0v) is 12.3. The molecule has 1 aromatic rings. The molecule has 20 heavy (non-hydrogen) atoms. The molecule has 112 valence electrons. The van der Waals surface area contributed by atoms with Crippen LogP contribution in [0.1, 0.15) is 33.6 Å². The molecule has 2 unspecified atom stereocenters. The lowest BCUT2D eigenvalue weighted by atomic mass is 9.96. The van der Waals surface area contributed by atoms with Crippen molar-refractivity contribution in [1.29, 1.82) is 0 Å². The summed E-state index contributed by atoms with van der Waals surface area (Å²) in [5, 5.41) is 9.02. The topological polar surface area (TPSA) is 81.8 Å². The van der Waals surface area contributed by atoms with E-state index in [1.165, 1.54) is 6.92 Å². The van der Waals surface area contributed by atoms with Gasteiger partial charge < -0.3 is 20.3 Å². The monoisotopic (exact) mass is 281 g/mol. The first-order chi connectivity index (χ1) is 9.36. The third-order valence-electron chi connectivity index (χ3n) is 2.84. The lowest BCUT2D eigenvalue weighted by Crippen LogP contribution is -2.47. The third kappa shape index (κ3) is 4.74. The van der Waals surface area contributed by atoms with Crippen LogP contribution in [0.25, 0.3) is 0 Å². The molecule has 0 radical (unpaired) electrons. The number of aliphatic carboxylic acids is 1. The summed E-state index contributed by atoms with van der Waals surface area (Å²) in [7, 11) is 0. The van der Waals surface area contributed by atoms with E-state index in [0.29, 0.717) is 18.1 Å². The number of hydrogen-bond donors (Lipinski definition) is 2. The van der Waals surface area contributed by atoms with Gasteiger partial charge in [-0.05, 0) is 32.4 Å². The molecule has 5 nitrogen and oxygen atoms in total. The van der Waals surface area contributed by atoms with Crippen LogP contribution in [0.2, 0.25) is 0 Å². The smallest absolute Gasteiger partial charge is 0.323 e. The molecule has 0 spiro atoms. The first kappa shape index (κ1) is 16.3. The fraction of sp³-hybridized carbons (Fsp3) is 0.533. The van der Waals surface area contributed by atoms with Crippen molar-refractivity contribution in [2.75, 3.05) is 6.61 Å². The molecule has 0 saturated heterocycles. The van der Waals surface area contributed by atoms with Gasteiger partial charge in [0.05, 0.1) is 12.7 Å². The van der Waals surface area contributed by atoms with Gasteiger partial charge in [-0.1, -0.05) is 19.1 Å². The molecule has 0 aliphatic heterocycles. The van der Waals surface area contributed by atoms with Crippen molar-refractivity contribution in [1.82, 2.24) is 0 Å². The molecule has 0 fully saturated rings. The standard InChI is InChI=1S/C15H23NO4/c1-4-9-19-12-7-5-6-8-13(12)20-11(2)10-15(3,16)14(17)18/h5-8,11H,4,9-10,16H2,1-3H3,(H,17,18). The van der Waals surface area contributed by atoms with Gasteiger partial charge in [0, 0.05) is 6.42 Å². The minimum absolute atomic E-state index is 0.213. The Hall–Kier alpha value is -1.75. The molecule has 2 atom stereocenters. The lowest BCUT2D eigenvalue weighted by molar-refractivity contribution is -0.143. The molecule has 1 aromatic carbocycles. The van der Waals surface area contributed by atoms with Crippen LogP contribution in [0.4, 0.5) is 0 Å². The molecular formula is C15H23NO4. The van der Waals surface area contributed by atoms with Gasteiger partial charge in [-0.15, -0.1) is 0 Å². The maximum atomic E-state index is 11.0. The summed E-state index contributed by atoms with van der Waals surface area (Å²) in [6.45, 7) is 5.91. The number of carboxylic acid groups (broad SMARTS) is 1. The van der Waals surface area contributed by atoms with Crippen LogP contribution >= 0.6 is 0 Å². The highest BCUT2D eigenvalue weighted by Crippen LogP contribution is 2.28. The second-order valence-corrected chi connectivity index (χ2v) is 5.15. The minimum atomic E-state index is -1.31. The van der Waals surface area contributed by atoms with E-state index in [1.807, 2.05) is 25.1 Å².